The molecule has 1 amide bonds. The Balaban J connectivity index is 1.18. The van der Waals surface area contributed by atoms with Crippen molar-refractivity contribution in [1.82, 2.24) is 15.3 Å². The third kappa shape index (κ3) is 6.59. The van der Waals surface area contributed by atoms with E-state index in [0.29, 0.717) is 28.7 Å². The second-order valence-corrected chi connectivity index (χ2v) is 10.4. The highest BCUT2D eigenvalue weighted by Crippen LogP contribution is 2.26. The average molecular weight is 522 g/mol. The minimum atomic E-state index is -0.183. The van der Waals surface area contributed by atoms with Crippen LogP contribution in [0, 0.1) is 12.7 Å². The molecule has 3 aromatic rings. The lowest BCUT2D eigenvalue weighted by Crippen LogP contribution is -2.47. The molecule has 2 saturated heterocycles. The van der Waals surface area contributed by atoms with Crippen LogP contribution in [0.25, 0.3) is 0 Å². The van der Waals surface area contributed by atoms with Crippen LogP contribution in [0.15, 0.2) is 59.8 Å². The summed E-state index contributed by atoms with van der Waals surface area (Å²) in [5.74, 6) is 1.30. The Labute approximate surface area is 221 Å². The topological polar surface area (TPSA) is 70.6 Å². The highest BCUT2D eigenvalue weighted by molar-refractivity contribution is 7.98. The lowest BCUT2D eigenvalue weighted by Gasteiger charge is -2.37. The Bertz CT molecular complexity index is 1230. The molecule has 0 saturated carbocycles. The van der Waals surface area contributed by atoms with Gasteiger partial charge >= 0.3 is 0 Å². The molecule has 37 heavy (non-hydrogen) atoms. The molecule has 1 aromatic heterocycles. The monoisotopic (exact) mass is 521 g/mol. The van der Waals surface area contributed by atoms with Gasteiger partial charge in [-0.15, -0.1) is 0 Å². The fourth-order valence-electron chi connectivity index (χ4n) is 4.70. The number of anilines is 2. The van der Waals surface area contributed by atoms with Crippen LogP contribution in [0.1, 0.15) is 34.5 Å². The van der Waals surface area contributed by atoms with Gasteiger partial charge in [0, 0.05) is 62.4 Å². The van der Waals surface area contributed by atoms with Crippen molar-refractivity contribution in [2.45, 2.75) is 36.8 Å². The molecule has 7 nitrogen and oxygen atoms in total. The highest BCUT2D eigenvalue weighted by Gasteiger charge is 2.21. The number of halogens is 1. The number of rotatable bonds is 8. The number of carbonyl (C=O) groups is 1. The van der Waals surface area contributed by atoms with E-state index >= 15 is 0 Å². The molecule has 1 unspecified atom stereocenters. The molecular weight excluding hydrogens is 489 g/mol. The molecule has 2 fully saturated rings. The van der Waals surface area contributed by atoms with Gasteiger partial charge in [-0.1, -0.05) is 36.0 Å². The molecule has 1 N–H and O–H groups in total. The summed E-state index contributed by atoms with van der Waals surface area (Å²) in [6, 6.07) is 16.6. The number of amides is 1. The maximum absolute atomic E-state index is 14.2. The number of benzene rings is 2. The minimum absolute atomic E-state index is 0.0778. The SMILES string of the molecule is Cc1cc(N2CCN(c3ccccc3F)CC2)nc(SCc2cccc(C(=O)NCC3CCCO3)c2)n1. The first-order valence-electron chi connectivity index (χ1n) is 12.8. The van der Waals surface area contributed by atoms with Crippen LogP contribution in [-0.2, 0) is 10.5 Å². The van der Waals surface area contributed by atoms with Crippen molar-refractivity contribution in [3.8, 4) is 0 Å². The van der Waals surface area contributed by atoms with Crippen LogP contribution in [-0.4, -0.2) is 61.3 Å². The van der Waals surface area contributed by atoms with Gasteiger partial charge in [-0.05, 0) is 49.6 Å². The molecule has 9 heteroatoms. The van der Waals surface area contributed by atoms with Crippen LogP contribution in [0.4, 0.5) is 15.9 Å². The van der Waals surface area contributed by atoms with Crippen molar-refractivity contribution in [2.24, 2.45) is 0 Å². The van der Waals surface area contributed by atoms with E-state index in [0.717, 1.165) is 62.7 Å². The summed E-state index contributed by atoms with van der Waals surface area (Å²) >= 11 is 1.56. The maximum atomic E-state index is 14.2. The van der Waals surface area contributed by atoms with E-state index in [-0.39, 0.29) is 17.8 Å². The molecule has 194 valence electrons. The Morgan fingerprint density at radius 1 is 1.08 bits per heavy atom. The first-order chi connectivity index (χ1) is 18.0. The summed E-state index contributed by atoms with van der Waals surface area (Å²) in [5.41, 5.74) is 3.25. The molecule has 0 aliphatic carbocycles. The van der Waals surface area contributed by atoms with Crippen molar-refractivity contribution in [3.05, 3.63) is 77.2 Å². The van der Waals surface area contributed by atoms with Gasteiger partial charge in [-0.2, -0.15) is 0 Å². The van der Waals surface area contributed by atoms with Gasteiger partial charge in [0.2, 0.25) is 0 Å². The van der Waals surface area contributed by atoms with E-state index in [1.807, 2.05) is 49.4 Å². The number of thioether (sulfide) groups is 1. The van der Waals surface area contributed by atoms with Crippen molar-refractivity contribution in [2.75, 3.05) is 49.1 Å². The van der Waals surface area contributed by atoms with E-state index in [1.165, 1.54) is 6.07 Å². The van der Waals surface area contributed by atoms with Gasteiger partial charge in [0.1, 0.15) is 11.6 Å². The van der Waals surface area contributed by atoms with Crippen LogP contribution in [0.3, 0.4) is 0 Å². The summed E-state index contributed by atoms with van der Waals surface area (Å²) in [6.07, 6.45) is 2.18. The Kier molecular flexibility index (Phi) is 8.21. The third-order valence-corrected chi connectivity index (χ3v) is 7.61. The van der Waals surface area contributed by atoms with Gasteiger partial charge < -0.3 is 19.9 Å². The quantitative estimate of drug-likeness (QED) is 0.347. The lowest BCUT2D eigenvalue weighted by molar-refractivity contribution is 0.0857. The van der Waals surface area contributed by atoms with E-state index in [4.69, 9.17) is 9.72 Å². The summed E-state index contributed by atoms with van der Waals surface area (Å²) in [6.45, 7) is 6.29. The zero-order chi connectivity index (χ0) is 25.6. The molecule has 2 aliphatic heterocycles. The van der Waals surface area contributed by atoms with Gasteiger partial charge in [-0.3, -0.25) is 4.79 Å². The summed E-state index contributed by atoms with van der Waals surface area (Å²) in [5, 5.41) is 3.69. The summed E-state index contributed by atoms with van der Waals surface area (Å²) in [7, 11) is 0. The number of aromatic nitrogens is 2. The van der Waals surface area contributed by atoms with E-state index in [9.17, 15) is 9.18 Å². The molecule has 0 spiro atoms. The number of piperazine rings is 1. The van der Waals surface area contributed by atoms with Crippen LogP contribution >= 0.6 is 11.8 Å². The smallest absolute Gasteiger partial charge is 0.251 e. The number of para-hydroxylation sites is 1. The van der Waals surface area contributed by atoms with E-state index in [2.05, 4.69) is 20.1 Å². The number of hydrogen-bond acceptors (Lipinski definition) is 7. The first kappa shape index (κ1) is 25.5. The zero-order valence-corrected chi connectivity index (χ0v) is 21.8. The Morgan fingerprint density at radius 3 is 2.68 bits per heavy atom. The van der Waals surface area contributed by atoms with E-state index in [1.54, 1.807) is 17.8 Å². The largest absolute Gasteiger partial charge is 0.376 e. The summed E-state index contributed by atoms with van der Waals surface area (Å²) < 4.78 is 19.8. The van der Waals surface area contributed by atoms with Crippen molar-refractivity contribution in [3.63, 3.8) is 0 Å². The molecule has 5 rings (SSSR count). The molecule has 1 atom stereocenters. The first-order valence-corrected chi connectivity index (χ1v) is 13.8. The molecule has 0 bridgehead atoms. The van der Waals surface area contributed by atoms with Crippen LogP contribution < -0.4 is 15.1 Å². The van der Waals surface area contributed by atoms with Gasteiger partial charge in [0.25, 0.3) is 5.91 Å². The second-order valence-electron chi connectivity index (χ2n) is 9.41. The van der Waals surface area contributed by atoms with Crippen LogP contribution in [0.5, 0.6) is 0 Å². The number of aryl methyl sites for hydroxylation is 1. The predicted molar refractivity (Wildman–Crippen MR) is 145 cm³/mol. The number of carbonyl (C=O) groups excluding carboxylic acids is 1. The van der Waals surface area contributed by atoms with Gasteiger partial charge in [0.15, 0.2) is 5.16 Å². The maximum Gasteiger partial charge on any atom is 0.251 e. The Morgan fingerprint density at radius 2 is 1.89 bits per heavy atom. The van der Waals surface area contributed by atoms with Crippen LogP contribution in [0.2, 0.25) is 0 Å². The Hall–Kier alpha value is -3.17. The molecule has 2 aliphatic rings. The molecule has 3 heterocycles. The second kappa shape index (κ2) is 11.9. The lowest BCUT2D eigenvalue weighted by atomic mass is 10.1. The van der Waals surface area contributed by atoms with Crippen molar-refractivity contribution < 1.29 is 13.9 Å². The molecule has 2 aromatic carbocycles. The number of hydrogen-bond donors (Lipinski definition) is 1. The van der Waals surface area contributed by atoms with Gasteiger partial charge in [0.05, 0.1) is 11.8 Å². The van der Waals surface area contributed by atoms with Crippen molar-refractivity contribution >= 4 is 29.2 Å². The zero-order valence-electron chi connectivity index (χ0n) is 21.0. The fraction of sp³-hybridized carbons (Fsp3) is 0.393. The predicted octanol–water partition coefficient (Wildman–Crippen LogP) is 4.45. The number of nitrogens with one attached hydrogen (secondary N) is 1. The van der Waals surface area contributed by atoms with E-state index < -0.39 is 0 Å². The van der Waals surface area contributed by atoms with Gasteiger partial charge in [-0.25, -0.2) is 14.4 Å². The highest BCUT2D eigenvalue weighted by atomic mass is 32.2. The summed E-state index contributed by atoms with van der Waals surface area (Å²) in [4.78, 5) is 26.3. The average Bonchev–Trinajstić information content (AvgIpc) is 3.45. The molecule has 0 radical (unpaired) electrons. The van der Waals surface area contributed by atoms with Crippen molar-refractivity contribution in [1.29, 1.82) is 0 Å². The standard InChI is InChI=1S/C28H32FN5O2S/c1-20-16-26(34-13-11-33(12-14-34)25-10-3-2-9-24(25)29)32-28(31-20)37-19-21-6-4-7-22(17-21)27(35)30-18-23-8-5-15-36-23/h2-4,6-7,9-10,16-17,23H,5,8,11-15,18-19H2,1H3,(H,30,35). The number of nitrogens with zero attached hydrogens (tertiary/aromatic N) is 4. The normalized spacial score (nSPS) is 17.7. The third-order valence-electron chi connectivity index (χ3n) is 6.69. The molecular formula is C28H32FN5O2S. The number of ether oxygens (including phenoxy) is 1. The minimum Gasteiger partial charge on any atom is -0.376 e. The fourth-order valence-corrected chi connectivity index (χ4v) is 5.54.